The first kappa shape index (κ1) is 12.9. The number of hydrogen-bond donors (Lipinski definition) is 2. The van der Waals surface area contributed by atoms with Crippen molar-refractivity contribution in [1.29, 1.82) is 0 Å². The third-order valence-corrected chi connectivity index (χ3v) is 3.03. The van der Waals surface area contributed by atoms with Gasteiger partial charge >= 0.3 is 0 Å². The average Bonchev–Trinajstić information content (AvgIpc) is 3.00. The van der Waals surface area contributed by atoms with E-state index in [4.69, 9.17) is 10.5 Å². The lowest BCUT2D eigenvalue weighted by molar-refractivity contribution is -0.00862. The molecule has 0 saturated heterocycles. The Bertz CT molecular complexity index is 169. The van der Waals surface area contributed by atoms with Crippen LogP contribution in [0.25, 0.3) is 0 Å². The minimum atomic E-state index is -0.148. The van der Waals surface area contributed by atoms with Crippen LogP contribution in [0.5, 0.6) is 0 Å². The summed E-state index contributed by atoms with van der Waals surface area (Å²) in [6.45, 7) is 5.20. The number of aliphatic hydroxyl groups excluding tert-OH is 1. The number of hydrogen-bond acceptors (Lipinski definition) is 3. The number of ether oxygens (including phenoxy) is 1. The maximum absolute atomic E-state index is 9.18. The van der Waals surface area contributed by atoms with Gasteiger partial charge in [0, 0.05) is 12.6 Å². The summed E-state index contributed by atoms with van der Waals surface area (Å²) < 4.78 is 5.63. The Kier molecular flexibility index (Phi) is 5.58. The van der Waals surface area contributed by atoms with Crippen LogP contribution in [0.15, 0.2) is 0 Å². The van der Waals surface area contributed by atoms with Crippen molar-refractivity contribution in [2.24, 2.45) is 17.6 Å². The fraction of sp³-hybridized carbons (Fsp3) is 1.00. The normalized spacial score (nSPS) is 20.6. The highest BCUT2D eigenvalue weighted by Crippen LogP contribution is 2.33. The predicted molar refractivity (Wildman–Crippen MR) is 61.6 cm³/mol. The van der Waals surface area contributed by atoms with Crippen LogP contribution in [0.3, 0.4) is 0 Å². The van der Waals surface area contributed by atoms with E-state index in [1.54, 1.807) is 0 Å². The highest BCUT2D eigenvalue weighted by Gasteiger charge is 2.34. The molecule has 3 nitrogen and oxygen atoms in total. The molecule has 0 radical (unpaired) electrons. The van der Waals surface area contributed by atoms with Crippen LogP contribution in [0.1, 0.15) is 39.5 Å². The monoisotopic (exact) mass is 215 g/mol. The van der Waals surface area contributed by atoms with E-state index in [0.29, 0.717) is 5.92 Å². The molecule has 1 fully saturated rings. The molecule has 15 heavy (non-hydrogen) atoms. The summed E-state index contributed by atoms with van der Waals surface area (Å²) >= 11 is 0. The lowest BCUT2D eigenvalue weighted by atomic mass is 10.1. The van der Waals surface area contributed by atoms with Crippen LogP contribution < -0.4 is 5.73 Å². The third kappa shape index (κ3) is 4.96. The summed E-state index contributed by atoms with van der Waals surface area (Å²) in [5, 5.41) is 9.18. The van der Waals surface area contributed by atoms with Crippen molar-refractivity contribution in [3.8, 4) is 0 Å². The number of aliphatic hydroxyl groups is 1. The summed E-state index contributed by atoms with van der Waals surface area (Å²) in [7, 11) is 0. The smallest absolute Gasteiger partial charge is 0.0958 e. The minimum Gasteiger partial charge on any atom is -0.394 e. The molecule has 0 aromatic carbocycles. The van der Waals surface area contributed by atoms with E-state index in [2.05, 4.69) is 13.8 Å². The van der Waals surface area contributed by atoms with Crippen LogP contribution >= 0.6 is 0 Å². The van der Waals surface area contributed by atoms with Crippen LogP contribution in [0.4, 0.5) is 0 Å². The summed E-state index contributed by atoms with van der Waals surface area (Å²) in [4.78, 5) is 0. The standard InChI is InChI=1S/C12H25NO2/c1-9(2)4-3-7-15-11(8-14)12(13)10-5-6-10/h9-12,14H,3-8,13H2,1-2H3. The van der Waals surface area contributed by atoms with E-state index in [0.717, 1.165) is 18.9 Å². The molecule has 90 valence electrons. The van der Waals surface area contributed by atoms with Crippen molar-refractivity contribution in [1.82, 2.24) is 0 Å². The van der Waals surface area contributed by atoms with Crippen LogP contribution in [0, 0.1) is 11.8 Å². The average molecular weight is 215 g/mol. The second kappa shape index (κ2) is 6.46. The fourth-order valence-corrected chi connectivity index (χ4v) is 1.80. The van der Waals surface area contributed by atoms with Gasteiger partial charge in [-0.2, -0.15) is 0 Å². The minimum absolute atomic E-state index is 0.0362. The van der Waals surface area contributed by atoms with Crippen molar-refractivity contribution in [3.63, 3.8) is 0 Å². The Morgan fingerprint density at radius 2 is 2.07 bits per heavy atom. The van der Waals surface area contributed by atoms with Crippen molar-refractivity contribution in [2.45, 2.75) is 51.7 Å². The Labute approximate surface area is 93.0 Å². The van der Waals surface area contributed by atoms with Gasteiger partial charge < -0.3 is 15.6 Å². The number of rotatable bonds is 8. The zero-order valence-electron chi connectivity index (χ0n) is 9.98. The quantitative estimate of drug-likeness (QED) is 0.604. The predicted octanol–water partition coefficient (Wildman–Crippen LogP) is 1.54. The van der Waals surface area contributed by atoms with Gasteiger partial charge in [-0.1, -0.05) is 13.8 Å². The molecular formula is C12H25NO2. The molecular weight excluding hydrogens is 190 g/mol. The second-order valence-electron chi connectivity index (χ2n) is 5.04. The van der Waals surface area contributed by atoms with Crippen molar-refractivity contribution < 1.29 is 9.84 Å². The largest absolute Gasteiger partial charge is 0.394 e. The highest BCUT2D eigenvalue weighted by atomic mass is 16.5. The molecule has 0 amide bonds. The molecule has 1 rings (SSSR count). The molecule has 1 saturated carbocycles. The van der Waals surface area contributed by atoms with Gasteiger partial charge in [-0.05, 0) is 37.5 Å². The summed E-state index contributed by atoms with van der Waals surface area (Å²) in [5.41, 5.74) is 5.99. The molecule has 0 bridgehead atoms. The van der Waals surface area contributed by atoms with Gasteiger partial charge in [0.25, 0.3) is 0 Å². The molecule has 0 heterocycles. The van der Waals surface area contributed by atoms with Crippen molar-refractivity contribution in [3.05, 3.63) is 0 Å². The first-order valence-electron chi connectivity index (χ1n) is 6.13. The van der Waals surface area contributed by atoms with Crippen molar-refractivity contribution >= 4 is 0 Å². The SMILES string of the molecule is CC(C)CCCOC(CO)C(N)C1CC1. The zero-order chi connectivity index (χ0) is 11.3. The van der Waals surface area contributed by atoms with E-state index < -0.39 is 0 Å². The van der Waals surface area contributed by atoms with Crippen LogP contribution in [0.2, 0.25) is 0 Å². The first-order valence-corrected chi connectivity index (χ1v) is 6.13. The topological polar surface area (TPSA) is 55.5 Å². The van der Waals surface area contributed by atoms with E-state index in [-0.39, 0.29) is 18.8 Å². The highest BCUT2D eigenvalue weighted by molar-refractivity contribution is 4.89. The molecule has 2 atom stereocenters. The fourth-order valence-electron chi connectivity index (χ4n) is 1.80. The summed E-state index contributed by atoms with van der Waals surface area (Å²) in [5.74, 6) is 1.31. The van der Waals surface area contributed by atoms with Gasteiger partial charge in [-0.15, -0.1) is 0 Å². The van der Waals surface area contributed by atoms with E-state index >= 15 is 0 Å². The Hall–Kier alpha value is -0.120. The first-order chi connectivity index (χ1) is 7.15. The van der Waals surface area contributed by atoms with Crippen LogP contribution in [-0.4, -0.2) is 30.5 Å². The molecule has 0 aromatic heterocycles. The Balaban J connectivity index is 2.10. The van der Waals surface area contributed by atoms with Gasteiger partial charge in [-0.3, -0.25) is 0 Å². The van der Waals surface area contributed by atoms with E-state index in [9.17, 15) is 5.11 Å². The van der Waals surface area contributed by atoms with Gasteiger partial charge in [0.1, 0.15) is 0 Å². The molecule has 2 unspecified atom stereocenters. The molecule has 0 aliphatic heterocycles. The second-order valence-corrected chi connectivity index (χ2v) is 5.04. The molecule has 0 spiro atoms. The van der Waals surface area contributed by atoms with Crippen LogP contribution in [-0.2, 0) is 4.74 Å². The van der Waals surface area contributed by atoms with Gasteiger partial charge in [-0.25, -0.2) is 0 Å². The maximum atomic E-state index is 9.18. The Morgan fingerprint density at radius 3 is 2.53 bits per heavy atom. The number of nitrogens with two attached hydrogens (primary N) is 1. The molecule has 0 aromatic rings. The molecule has 3 N–H and O–H groups in total. The lowest BCUT2D eigenvalue weighted by Gasteiger charge is -2.22. The van der Waals surface area contributed by atoms with Gasteiger partial charge in [0.15, 0.2) is 0 Å². The lowest BCUT2D eigenvalue weighted by Crippen LogP contribution is -2.41. The zero-order valence-corrected chi connectivity index (χ0v) is 9.98. The molecule has 1 aliphatic rings. The summed E-state index contributed by atoms with van der Waals surface area (Å²) in [6, 6.07) is 0.0362. The van der Waals surface area contributed by atoms with Gasteiger partial charge in [0.05, 0.1) is 12.7 Å². The van der Waals surface area contributed by atoms with E-state index in [1.165, 1.54) is 19.3 Å². The summed E-state index contributed by atoms with van der Waals surface area (Å²) in [6.07, 6.45) is 4.49. The Morgan fingerprint density at radius 1 is 1.40 bits per heavy atom. The van der Waals surface area contributed by atoms with Gasteiger partial charge in [0.2, 0.25) is 0 Å². The van der Waals surface area contributed by atoms with E-state index in [1.807, 2.05) is 0 Å². The molecule has 3 heteroatoms. The maximum Gasteiger partial charge on any atom is 0.0958 e. The van der Waals surface area contributed by atoms with Crippen molar-refractivity contribution in [2.75, 3.05) is 13.2 Å². The molecule has 1 aliphatic carbocycles. The third-order valence-electron chi connectivity index (χ3n) is 3.03.